The van der Waals surface area contributed by atoms with Gasteiger partial charge in [-0.1, -0.05) is 11.3 Å². The Kier molecular flexibility index (Phi) is 2.26. The average molecular weight is 159 g/mol. The van der Waals surface area contributed by atoms with Crippen LogP contribution >= 0.6 is 11.3 Å². The Morgan fingerprint density at radius 3 is 2.80 bits per heavy atom. The maximum atomic E-state index is 8.33. The fourth-order valence-electron chi connectivity index (χ4n) is 0.500. The molecule has 1 rings (SSSR count). The van der Waals surface area contributed by atoms with Gasteiger partial charge < -0.3 is 14.7 Å². The molecule has 1 aromatic heterocycles. The average Bonchev–Trinajstić information content (AvgIpc) is 2.13. The minimum atomic E-state index is -1.75. The molecule has 0 aliphatic heterocycles. The van der Waals surface area contributed by atoms with Crippen LogP contribution in [0.15, 0.2) is 6.20 Å². The van der Waals surface area contributed by atoms with E-state index in [-0.39, 0.29) is 0 Å². The van der Waals surface area contributed by atoms with Gasteiger partial charge in [-0.25, -0.2) is 4.98 Å². The smallest absolute Gasteiger partial charge is 0.503 e. The molecule has 4 nitrogen and oxygen atoms in total. The van der Waals surface area contributed by atoms with Crippen LogP contribution in [-0.2, 0) is 0 Å². The van der Waals surface area contributed by atoms with Crippen molar-refractivity contribution in [3.63, 3.8) is 0 Å². The molecule has 0 atom stereocenters. The molecule has 0 spiro atoms. The minimum Gasteiger partial charge on any atom is -0.503 e. The summed E-state index contributed by atoms with van der Waals surface area (Å²) in [6, 6.07) is 0. The summed E-state index contributed by atoms with van der Waals surface area (Å²) in [6.07, 6.45) is 1.44. The van der Waals surface area contributed by atoms with Gasteiger partial charge in [-0.15, -0.1) is 0 Å². The molecule has 0 radical (unpaired) electrons. The Balaban J connectivity index is 2.58. The molecule has 0 bridgehead atoms. The molecule has 0 amide bonds. The lowest BCUT2D eigenvalue weighted by Crippen LogP contribution is -2.19. The van der Waals surface area contributed by atoms with Crippen LogP contribution < -0.4 is 4.65 Å². The van der Waals surface area contributed by atoms with Gasteiger partial charge >= 0.3 is 7.32 Å². The molecular formula is C4H6BNO3S. The largest absolute Gasteiger partial charge is 0.708 e. The van der Waals surface area contributed by atoms with Crippen LogP contribution in [0.1, 0.15) is 5.01 Å². The molecule has 0 saturated carbocycles. The van der Waals surface area contributed by atoms with E-state index in [0.29, 0.717) is 5.06 Å². The standard InChI is InChI=1S/C4H6BNO3S/c1-3-6-2-4(10-3)9-5(7)8/h2,7-8H,1H3. The van der Waals surface area contributed by atoms with Crippen molar-refractivity contribution in [2.75, 3.05) is 0 Å². The summed E-state index contributed by atoms with van der Waals surface area (Å²) in [5.74, 6) is 0. The molecule has 54 valence electrons. The monoisotopic (exact) mass is 159 g/mol. The zero-order chi connectivity index (χ0) is 7.56. The number of rotatable bonds is 2. The summed E-state index contributed by atoms with van der Waals surface area (Å²) in [5, 5.41) is 17.9. The van der Waals surface area contributed by atoms with Crippen molar-refractivity contribution in [1.29, 1.82) is 0 Å². The fourth-order valence-corrected chi connectivity index (χ4v) is 1.14. The number of thiazole rings is 1. The third-order valence-electron chi connectivity index (χ3n) is 0.822. The normalized spacial score (nSPS) is 9.50. The predicted molar refractivity (Wildman–Crippen MR) is 37.7 cm³/mol. The molecule has 0 aliphatic rings. The second kappa shape index (κ2) is 3.00. The first-order valence-corrected chi connectivity index (χ1v) is 3.45. The third kappa shape index (κ3) is 1.98. The summed E-state index contributed by atoms with van der Waals surface area (Å²) in [4.78, 5) is 3.84. The second-order valence-electron chi connectivity index (χ2n) is 1.64. The van der Waals surface area contributed by atoms with Crippen LogP contribution in [0, 0.1) is 6.92 Å². The van der Waals surface area contributed by atoms with Crippen LogP contribution in [0.5, 0.6) is 5.06 Å². The summed E-state index contributed by atoms with van der Waals surface area (Å²) < 4.78 is 4.50. The SMILES string of the molecule is Cc1ncc(OB(O)O)s1. The molecule has 6 heteroatoms. The number of aryl methyl sites for hydroxylation is 1. The van der Waals surface area contributed by atoms with Gasteiger partial charge in [0, 0.05) is 0 Å². The van der Waals surface area contributed by atoms with Crippen LogP contribution in [0.3, 0.4) is 0 Å². The summed E-state index contributed by atoms with van der Waals surface area (Å²) >= 11 is 1.26. The van der Waals surface area contributed by atoms with Crippen LogP contribution in [0.4, 0.5) is 0 Å². The van der Waals surface area contributed by atoms with Crippen molar-refractivity contribution in [3.8, 4) is 5.06 Å². The van der Waals surface area contributed by atoms with Crippen LogP contribution in [0.2, 0.25) is 0 Å². The first kappa shape index (κ1) is 7.52. The highest BCUT2D eigenvalue weighted by Crippen LogP contribution is 2.19. The molecule has 0 fully saturated rings. The highest BCUT2D eigenvalue weighted by molar-refractivity contribution is 7.13. The first-order valence-electron chi connectivity index (χ1n) is 2.63. The van der Waals surface area contributed by atoms with E-state index in [0.717, 1.165) is 5.01 Å². The molecule has 0 aromatic carbocycles. The molecule has 10 heavy (non-hydrogen) atoms. The Morgan fingerprint density at radius 2 is 2.40 bits per heavy atom. The van der Waals surface area contributed by atoms with Crippen molar-refractivity contribution < 1.29 is 14.7 Å². The zero-order valence-electron chi connectivity index (χ0n) is 5.31. The quantitative estimate of drug-likeness (QED) is 0.586. The zero-order valence-corrected chi connectivity index (χ0v) is 6.13. The molecule has 0 aliphatic carbocycles. The number of nitrogens with zero attached hydrogens (tertiary/aromatic N) is 1. The Labute approximate surface area is 62.3 Å². The lowest BCUT2D eigenvalue weighted by atomic mass is 10.3. The number of aromatic nitrogens is 1. The topological polar surface area (TPSA) is 62.6 Å². The van der Waals surface area contributed by atoms with E-state index in [9.17, 15) is 0 Å². The van der Waals surface area contributed by atoms with E-state index in [4.69, 9.17) is 10.0 Å². The van der Waals surface area contributed by atoms with E-state index < -0.39 is 7.32 Å². The Hall–Kier alpha value is -0.585. The maximum absolute atomic E-state index is 8.33. The van der Waals surface area contributed by atoms with Gasteiger partial charge in [-0.2, -0.15) is 0 Å². The van der Waals surface area contributed by atoms with Crippen LogP contribution in [-0.4, -0.2) is 22.4 Å². The van der Waals surface area contributed by atoms with Gasteiger partial charge in [0.05, 0.1) is 11.2 Å². The van der Waals surface area contributed by atoms with Gasteiger partial charge in [0.25, 0.3) is 0 Å². The summed E-state index contributed by atoms with van der Waals surface area (Å²) in [6.45, 7) is 1.81. The molecule has 1 aromatic rings. The van der Waals surface area contributed by atoms with Crippen molar-refractivity contribution in [2.24, 2.45) is 0 Å². The summed E-state index contributed by atoms with van der Waals surface area (Å²) in [7, 11) is -1.75. The van der Waals surface area contributed by atoms with Crippen molar-refractivity contribution in [3.05, 3.63) is 11.2 Å². The Bertz CT molecular complexity index is 214. The predicted octanol–water partition coefficient (Wildman–Crippen LogP) is -0.200. The summed E-state index contributed by atoms with van der Waals surface area (Å²) in [5.41, 5.74) is 0. The Morgan fingerprint density at radius 1 is 1.70 bits per heavy atom. The van der Waals surface area contributed by atoms with Crippen molar-refractivity contribution >= 4 is 18.7 Å². The van der Waals surface area contributed by atoms with Gasteiger partial charge in [0.15, 0.2) is 5.06 Å². The van der Waals surface area contributed by atoms with Gasteiger partial charge in [-0.05, 0) is 6.92 Å². The molecule has 0 saturated heterocycles. The lowest BCUT2D eigenvalue weighted by Gasteiger charge is -1.96. The lowest BCUT2D eigenvalue weighted by molar-refractivity contribution is 0.291. The second-order valence-corrected chi connectivity index (χ2v) is 2.84. The van der Waals surface area contributed by atoms with E-state index in [1.165, 1.54) is 17.5 Å². The van der Waals surface area contributed by atoms with Gasteiger partial charge in [0.2, 0.25) is 0 Å². The number of hydrogen-bond donors (Lipinski definition) is 2. The van der Waals surface area contributed by atoms with E-state index in [1.54, 1.807) is 6.92 Å². The van der Waals surface area contributed by atoms with Gasteiger partial charge in [0.1, 0.15) is 0 Å². The van der Waals surface area contributed by atoms with Crippen molar-refractivity contribution in [2.45, 2.75) is 6.92 Å². The maximum Gasteiger partial charge on any atom is 0.708 e. The number of hydrogen-bond acceptors (Lipinski definition) is 5. The molecule has 0 unspecified atom stereocenters. The third-order valence-corrected chi connectivity index (χ3v) is 1.63. The fraction of sp³-hybridized carbons (Fsp3) is 0.250. The highest BCUT2D eigenvalue weighted by atomic mass is 32.1. The van der Waals surface area contributed by atoms with Gasteiger partial charge in [-0.3, -0.25) is 0 Å². The minimum absolute atomic E-state index is 0.410. The molecule has 1 heterocycles. The van der Waals surface area contributed by atoms with E-state index >= 15 is 0 Å². The molecule has 2 N–H and O–H groups in total. The van der Waals surface area contributed by atoms with E-state index in [2.05, 4.69) is 9.64 Å². The van der Waals surface area contributed by atoms with Crippen molar-refractivity contribution in [1.82, 2.24) is 4.98 Å². The first-order chi connectivity index (χ1) is 4.68. The van der Waals surface area contributed by atoms with Crippen LogP contribution in [0.25, 0.3) is 0 Å². The molecular weight excluding hydrogens is 153 g/mol. The highest BCUT2D eigenvalue weighted by Gasteiger charge is 2.12. The van der Waals surface area contributed by atoms with E-state index in [1.807, 2.05) is 0 Å².